The highest BCUT2D eigenvalue weighted by molar-refractivity contribution is 5.79. The molecule has 1 aromatic rings. The van der Waals surface area contributed by atoms with Gasteiger partial charge in [0.05, 0.1) is 6.21 Å². The summed E-state index contributed by atoms with van der Waals surface area (Å²) >= 11 is 0. The van der Waals surface area contributed by atoms with E-state index in [1.54, 1.807) is 13.1 Å². The number of nitrogens with two attached hydrogens (primary N) is 1. The Morgan fingerprint density at radius 1 is 1.50 bits per heavy atom. The summed E-state index contributed by atoms with van der Waals surface area (Å²) in [5, 5.41) is 3.83. The van der Waals surface area contributed by atoms with Crippen molar-refractivity contribution in [2.45, 2.75) is 39.7 Å². The fourth-order valence-corrected chi connectivity index (χ4v) is 1.93. The molecule has 0 heterocycles. The van der Waals surface area contributed by atoms with E-state index in [4.69, 9.17) is 10.6 Å². The van der Waals surface area contributed by atoms with Crippen LogP contribution in [0.2, 0.25) is 0 Å². The maximum atomic E-state index is 5.97. The Morgan fingerprint density at radius 3 is 2.89 bits per heavy atom. The van der Waals surface area contributed by atoms with Crippen LogP contribution in [0.25, 0.3) is 0 Å². The predicted molar refractivity (Wildman–Crippen MR) is 76.5 cm³/mol. The second-order valence-corrected chi connectivity index (χ2v) is 4.13. The van der Waals surface area contributed by atoms with Crippen LogP contribution in [0.15, 0.2) is 35.7 Å². The number of hydrogen-bond acceptors (Lipinski definition) is 3. The van der Waals surface area contributed by atoms with E-state index in [0.29, 0.717) is 5.76 Å². The van der Waals surface area contributed by atoms with Gasteiger partial charge in [-0.2, -0.15) is 0 Å². The third kappa shape index (κ3) is 3.70. The Hall–Kier alpha value is -1.61. The zero-order chi connectivity index (χ0) is 13.5. The topological polar surface area (TPSA) is 47.6 Å². The van der Waals surface area contributed by atoms with Crippen molar-refractivity contribution in [3.8, 4) is 0 Å². The first kappa shape index (κ1) is 14.5. The van der Waals surface area contributed by atoms with Gasteiger partial charge < -0.3 is 10.6 Å². The quantitative estimate of drug-likeness (QED) is 0.503. The van der Waals surface area contributed by atoms with Crippen LogP contribution in [0, 0.1) is 0 Å². The maximum Gasteiger partial charge on any atom is 0.124 e. The van der Waals surface area contributed by atoms with E-state index < -0.39 is 0 Å². The van der Waals surface area contributed by atoms with E-state index in [9.17, 15) is 0 Å². The summed E-state index contributed by atoms with van der Waals surface area (Å²) in [6, 6.07) is 6.41. The molecule has 0 aromatic heterocycles. The minimum atomic E-state index is 0.202. The molecule has 0 saturated heterocycles. The van der Waals surface area contributed by atoms with E-state index in [2.05, 4.69) is 23.9 Å². The Bertz CT molecular complexity index is 438. The standard InChI is InChI=1S/C13H16N2O.C2H6/c1-9(2)16-15-8-10-3-5-12-11(7-10)4-6-13(12)14;1-2/h3,5,7-8,13H,1,4,6,14H2,2H3;1-2H3/b15-8+;/t13-;/m0./s1. The first-order valence-electron chi connectivity index (χ1n) is 6.41. The van der Waals surface area contributed by atoms with E-state index in [1.807, 2.05) is 19.9 Å². The van der Waals surface area contributed by atoms with Crippen LogP contribution in [-0.4, -0.2) is 6.21 Å². The predicted octanol–water partition coefficient (Wildman–Crippen LogP) is 3.54. The first-order valence-corrected chi connectivity index (χ1v) is 6.41. The van der Waals surface area contributed by atoms with E-state index >= 15 is 0 Å². The minimum Gasteiger partial charge on any atom is -0.362 e. The van der Waals surface area contributed by atoms with Crippen molar-refractivity contribution < 1.29 is 4.84 Å². The Balaban J connectivity index is 0.000000771. The van der Waals surface area contributed by atoms with Gasteiger partial charge in [0.15, 0.2) is 0 Å². The van der Waals surface area contributed by atoms with Gasteiger partial charge in [-0.05, 0) is 42.5 Å². The molecule has 1 aliphatic rings. The molecule has 18 heavy (non-hydrogen) atoms. The monoisotopic (exact) mass is 246 g/mol. The third-order valence-electron chi connectivity index (χ3n) is 2.70. The third-order valence-corrected chi connectivity index (χ3v) is 2.70. The summed E-state index contributed by atoms with van der Waals surface area (Å²) in [6.07, 6.45) is 3.79. The van der Waals surface area contributed by atoms with Crippen LogP contribution in [-0.2, 0) is 11.3 Å². The highest BCUT2D eigenvalue weighted by atomic mass is 16.6. The number of nitrogens with zero attached hydrogens (tertiary/aromatic N) is 1. The summed E-state index contributed by atoms with van der Waals surface area (Å²) in [5.41, 5.74) is 9.59. The molecule has 98 valence electrons. The normalized spacial score (nSPS) is 17.0. The molecule has 3 heteroatoms. The van der Waals surface area contributed by atoms with Crippen molar-refractivity contribution in [3.05, 3.63) is 47.2 Å². The van der Waals surface area contributed by atoms with Crippen LogP contribution in [0.5, 0.6) is 0 Å². The molecule has 0 fully saturated rings. The lowest BCUT2D eigenvalue weighted by molar-refractivity contribution is 0.233. The Morgan fingerprint density at radius 2 is 2.22 bits per heavy atom. The average molecular weight is 246 g/mol. The van der Waals surface area contributed by atoms with Gasteiger partial charge in [0.25, 0.3) is 0 Å². The number of oxime groups is 1. The van der Waals surface area contributed by atoms with Gasteiger partial charge >= 0.3 is 0 Å². The molecular formula is C15H22N2O. The zero-order valence-electron chi connectivity index (χ0n) is 11.4. The molecule has 0 amide bonds. The van der Waals surface area contributed by atoms with Crippen molar-refractivity contribution in [1.29, 1.82) is 0 Å². The number of aryl methyl sites for hydroxylation is 1. The Labute approximate surface area is 109 Å². The summed E-state index contributed by atoms with van der Waals surface area (Å²) in [4.78, 5) is 4.94. The van der Waals surface area contributed by atoms with Crippen LogP contribution in [0.4, 0.5) is 0 Å². The van der Waals surface area contributed by atoms with Crippen LogP contribution in [0.3, 0.4) is 0 Å². The van der Waals surface area contributed by atoms with Crippen LogP contribution < -0.4 is 5.73 Å². The number of fused-ring (bicyclic) bond motifs is 1. The molecule has 0 unspecified atom stereocenters. The Kier molecular flexibility index (Phi) is 5.59. The smallest absolute Gasteiger partial charge is 0.124 e. The van der Waals surface area contributed by atoms with Crippen molar-refractivity contribution in [2.24, 2.45) is 10.9 Å². The van der Waals surface area contributed by atoms with Crippen molar-refractivity contribution in [2.75, 3.05) is 0 Å². The van der Waals surface area contributed by atoms with Gasteiger partial charge in [-0.3, -0.25) is 0 Å². The summed E-state index contributed by atoms with van der Waals surface area (Å²) in [7, 11) is 0. The maximum absolute atomic E-state index is 5.97. The number of allylic oxidation sites excluding steroid dienone is 1. The molecular weight excluding hydrogens is 224 g/mol. The summed E-state index contributed by atoms with van der Waals surface area (Å²) in [6.45, 7) is 9.36. The fourth-order valence-electron chi connectivity index (χ4n) is 1.93. The van der Waals surface area contributed by atoms with Gasteiger partial charge in [0, 0.05) is 6.04 Å². The average Bonchev–Trinajstić information content (AvgIpc) is 2.73. The highest BCUT2D eigenvalue weighted by Gasteiger charge is 2.18. The second kappa shape index (κ2) is 6.97. The van der Waals surface area contributed by atoms with Gasteiger partial charge in [-0.15, -0.1) is 0 Å². The minimum absolute atomic E-state index is 0.202. The molecule has 1 atom stereocenters. The second-order valence-electron chi connectivity index (χ2n) is 4.13. The molecule has 3 nitrogen and oxygen atoms in total. The van der Waals surface area contributed by atoms with Crippen molar-refractivity contribution in [3.63, 3.8) is 0 Å². The number of benzene rings is 1. The molecule has 2 rings (SSSR count). The van der Waals surface area contributed by atoms with Crippen molar-refractivity contribution in [1.82, 2.24) is 0 Å². The van der Waals surface area contributed by atoms with E-state index in [-0.39, 0.29) is 6.04 Å². The lowest BCUT2D eigenvalue weighted by Gasteiger charge is -2.04. The summed E-state index contributed by atoms with van der Waals surface area (Å²) < 4.78 is 0. The number of rotatable bonds is 3. The van der Waals surface area contributed by atoms with Crippen LogP contribution >= 0.6 is 0 Å². The molecule has 0 bridgehead atoms. The largest absolute Gasteiger partial charge is 0.362 e. The lowest BCUT2D eigenvalue weighted by Crippen LogP contribution is -2.04. The fraction of sp³-hybridized carbons (Fsp3) is 0.400. The summed E-state index contributed by atoms with van der Waals surface area (Å²) in [5.74, 6) is 0.583. The molecule has 0 radical (unpaired) electrons. The number of hydrogen-bond donors (Lipinski definition) is 1. The van der Waals surface area contributed by atoms with Gasteiger partial charge in [0.1, 0.15) is 5.76 Å². The van der Waals surface area contributed by atoms with E-state index in [0.717, 1.165) is 18.4 Å². The zero-order valence-corrected chi connectivity index (χ0v) is 11.4. The molecule has 0 spiro atoms. The first-order chi connectivity index (χ1) is 8.66. The molecule has 0 saturated carbocycles. The lowest BCUT2D eigenvalue weighted by atomic mass is 10.1. The molecule has 1 aromatic carbocycles. The van der Waals surface area contributed by atoms with Crippen molar-refractivity contribution >= 4 is 6.21 Å². The SMILES string of the molecule is C=C(C)O/N=C/c1ccc2c(c1)CC[C@@H]2N.CC. The van der Waals surface area contributed by atoms with Crippen LogP contribution in [0.1, 0.15) is 49.9 Å². The highest BCUT2D eigenvalue weighted by Crippen LogP contribution is 2.29. The molecule has 0 aliphatic heterocycles. The van der Waals surface area contributed by atoms with Gasteiger partial charge in [-0.1, -0.05) is 37.7 Å². The van der Waals surface area contributed by atoms with E-state index in [1.165, 1.54) is 11.1 Å². The molecule has 1 aliphatic carbocycles. The molecule has 2 N–H and O–H groups in total. The van der Waals surface area contributed by atoms with Gasteiger partial charge in [0.2, 0.25) is 0 Å². The van der Waals surface area contributed by atoms with Gasteiger partial charge in [-0.25, -0.2) is 0 Å².